The van der Waals surface area contributed by atoms with Gasteiger partial charge in [0.1, 0.15) is 24.7 Å². The standard InChI is InChI=1S/C15H12BrN3O2/c16-10-2-1-5-19-14(17)13(18-15(10)19)9-3-4-11-12(8-9)21-7-6-20-11/h1-5,8H,6-7,17H2. The molecule has 4 rings (SSSR count). The molecule has 5 nitrogen and oxygen atoms in total. The minimum Gasteiger partial charge on any atom is -0.486 e. The van der Waals surface area contributed by atoms with Gasteiger partial charge in [0.15, 0.2) is 17.1 Å². The largest absolute Gasteiger partial charge is 0.486 e. The highest BCUT2D eigenvalue weighted by Gasteiger charge is 2.17. The number of nitrogens with zero attached hydrogens (tertiary/aromatic N) is 2. The molecule has 0 amide bonds. The molecule has 0 fully saturated rings. The van der Waals surface area contributed by atoms with Crippen molar-refractivity contribution in [2.75, 3.05) is 18.9 Å². The molecule has 21 heavy (non-hydrogen) atoms. The Kier molecular flexibility index (Phi) is 2.78. The number of nitrogens with two attached hydrogens (primary N) is 1. The van der Waals surface area contributed by atoms with Crippen LogP contribution in [0.5, 0.6) is 11.5 Å². The molecule has 1 aliphatic heterocycles. The predicted octanol–water partition coefficient (Wildman–Crippen LogP) is 3.12. The highest BCUT2D eigenvalue weighted by atomic mass is 79.9. The maximum Gasteiger partial charge on any atom is 0.162 e. The Morgan fingerprint density at radius 1 is 1.14 bits per heavy atom. The molecule has 106 valence electrons. The molecule has 3 aromatic rings. The van der Waals surface area contributed by atoms with E-state index in [4.69, 9.17) is 15.2 Å². The first-order valence-electron chi connectivity index (χ1n) is 6.56. The summed E-state index contributed by atoms with van der Waals surface area (Å²) in [5.41, 5.74) is 8.66. The van der Waals surface area contributed by atoms with E-state index in [1.807, 2.05) is 40.9 Å². The first-order chi connectivity index (χ1) is 10.2. The smallest absolute Gasteiger partial charge is 0.162 e. The maximum atomic E-state index is 6.22. The van der Waals surface area contributed by atoms with E-state index in [2.05, 4.69) is 20.9 Å². The van der Waals surface area contributed by atoms with Crippen LogP contribution in [0.15, 0.2) is 41.0 Å². The van der Waals surface area contributed by atoms with Crippen molar-refractivity contribution in [2.45, 2.75) is 0 Å². The number of imidazole rings is 1. The Bertz CT molecular complexity index is 844. The fourth-order valence-corrected chi connectivity index (χ4v) is 2.89. The number of nitrogen functional groups attached to an aromatic ring is 1. The van der Waals surface area contributed by atoms with Crippen molar-refractivity contribution in [3.63, 3.8) is 0 Å². The summed E-state index contributed by atoms with van der Waals surface area (Å²) in [6, 6.07) is 9.61. The Balaban J connectivity index is 1.90. The lowest BCUT2D eigenvalue weighted by Crippen LogP contribution is -2.15. The molecule has 0 saturated carbocycles. The first kappa shape index (κ1) is 12.5. The summed E-state index contributed by atoms with van der Waals surface area (Å²) in [4.78, 5) is 4.63. The van der Waals surface area contributed by atoms with Gasteiger partial charge in [-0.25, -0.2) is 4.98 Å². The van der Waals surface area contributed by atoms with Gasteiger partial charge < -0.3 is 15.2 Å². The highest BCUT2D eigenvalue weighted by molar-refractivity contribution is 9.10. The first-order valence-corrected chi connectivity index (χ1v) is 7.35. The van der Waals surface area contributed by atoms with Gasteiger partial charge in [-0.1, -0.05) is 0 Å². The van der Waals surface area contributed by atoms with Gasteiger partial charge in [0.25, 0.3) is 0 Å². The third kappa shape index (κ3) is 1.94. The van der Waals surface area contributed by atoms with Crippen molar-refractivity contribution >= 4 is 27.4 Å². The molecule has 3 heterocycles. The lowest BCUT2D eigenvalue weighted by molar-refractivity contribution is 0.171. The van der Waals surface area contributed by atoms with Crippen LogP contribution >= 0.6 is 15.9 Å². The molecule has 2 aromatic heterocycles. The molecule has 0 atom stereocenters. The van der Waals surface area contributed by atoms with Crippen molar-refractivity contribution in [1.82, 2.24) is 9.38 Å². The second-order valence-corrected chi connectivity index (χ2v) is 5.61. The quantitative estimate of drug-likeness (QED) is 0.736. The summed E-state index contributed by atoms with van der Waals surface area (Å²) in [6.07, 6.45) is 1.89. The summed E-state index contributed by atoms with van der Waals surface area (Å²) in [5.74, 6) is 2.09. The average molecular weight is 346 g/mol. The molecule has 2 N–H and O–H groups in total. The molecule has 6 heteroatoms. The summed E-state index contributed by atoms with van der Waals surface area (Å²) >= 11 is 3.49. The van der Waals surface area contributed by atoms with E-state index in [0.29, 0.717) is 19.0 Å². The van der Waals surface area contributed by atoms with E-state index >= 15 is 0 Å². The summed E-state index contributed by atoms with van der Waals surface area (Å²) < 4.78 is 13.9. The molecular formula is C15H12BrN3O2. The molecule has 0 aliphatic carbocycles. The van der Waals surface area contributed by atoms with E-state index < -0.39 is 0 Å². The molecule has 0 unspecified atom stereocenters. The van der Waals surface area contributed by atoms with E-state index in [1.54, 1.807) is 0 Å². The van der Waals surface area contributed by atoms with Gasteiger partial charge in [-0.2, -0.15) is 0 Å². The number of rotatable bonds is 1. The van der Waals surface area contributed by atoms with Gasteiger partial charge >= 0.3 is 0 Å². The third-order valence-electron chi connectivity index (χ3n) is 3.45. The maximum absolute atomic E-state index is 6.22. The Labute approximate surface area is 129 Å². The molecule has 0 bridgehead atoms. The van der Waals surface area contributed by atoms with Crippen LogP contribution < -0.4 is 15.2 Å². The van der Waals surface area contributed by atoms with Crippen LogP contribution in [-0.4, -0.2) is 22.6 Å². The fraction of sp³-hybridized carbons (Fsp3) is 0.133. The second-order valence-electron chi connectivity index (χ2n) is 4.75. The summed E-state index contributed by atoms with van der Waals surface area (Å²) in [7, 11) is 0. The number of anilines is 1. The number of hydrogen-bond acceptors (Lipinski definition) is 4. The minimum atomic E-state index is 0.558. The molecular weight excluding hydrogens is 334 g/mol. The van der Waals surface area contributed by atoms with Gasteiger partial charge in [-0.05, 0) is 46.3 Å². The number of benzene rings is 1. The highest BCUT2D eigenvalue weighted by Crippen LogP contribution is 2.36. The zero-order valence-corrected chi connectivity index (χ0v) is 12.6. The fourth-order valence-electron chi connectivity index (χ4n) is 2.46. The zero-order valence-electron chi connectivity index (χ0n) is 11.0. The van der Waals surface area contributed by atoms with Gasteiger partial charge in [0.2, 0.25) is 0 Å². The summed E-state index contributed by atoms with van der Waals surface area (Å²) in [5, 5.41) is 0. The van der Waals surface area contributed by atoms with Crippen LogP contribution in [0.25, 0.3) is 16.9 Å². The van der Waals surface area contributed by atoms with Gasteiger partial charge in [0.05, 0.1) is 4.47 Å². The molecule has 0 saturated heterocycles. The van der Waals surface area contributed by atoms with Crippen LogP contribution in [0, 0.1) is 0 Å². The van der Waals surface area contributed by atoms with E-state index in [9.17, 15) is 0 Å². The number of halogens is 1. The van der Waals surface area contributed by atoms with Crippen molar-refractivity contribution < 1.29 is 9.47 Å². The monoisotopic (exact) mass is 345 g/mol. The predicted molar refractivity (Wildman–Crippen MR) is 83.7 cm³/mol. The van der Waals surface area contributed by atoms with Crippen LogP contribution in [0.4, 0.5) is 5.82 Å². The van der Waals surface area contributed by atoms with Crippen LogP contribution in [0.1, 0.15) is 0 Å². The van der Waals surface area contributed by atoms with Crippen molar-refractivity contribution in [2.24, 2.45) is 0 Å². The Hall–Kier alpha value is -2.21. The van der Waals surface area contributed by atoms with E-state index in [0.717, 1.165) is 32.9 Å². The average Bonchev–Trinajstić information content (AvgIpc) is 2.86. The van der Waals surface area contributed by atoms with E-state index in [-0.39, 0.29) is 0 Å². The SMILES string of the molecule is Nc1c(-c2ccc3c(c2)OCCO3)nc2c(Br)cccn12. The normalized spacial score (nSPS) is 13.6. The topological polar surface area (TPSA) is 61.8 Å². The lowest BCUT2D eigenvalue weighted by Gasteiger charge is -2.18. The zero-order chi connectivity index (χ0) is 14.4. The number of pyridine rings is 1. The lowest BCUT2D eigenvalue weighted by atomic mass is 10.1. The number of hydrogen-bond donors (Lipinski definition) is 1. The summed E-state index contributed by atoms with van der Waals surface area (Å²) in [6.45, 7) is 1.14. The van der Waals surface area contributed by atoms with Crippen LogP contribution in [0.3, 0.4) is 0 Å². The Morgan fingerprint density at radius 3 is 2.76 bits per heavy atom. The number of ether oxygens (including phenoxy) is 2. The van der Waals surface area contributed by atoms with Crippen molar-refractivity contribution in [3.05, 3.63) is 41.0 Å². The van der Waals surface area contributed by atoms with Crippen molar-refractivity contribution in [3.8, 4) is 22.8 Å². The molecule has 1 aromatic carbocycles. The number of aromatic nitrogens is 2. The third-order valence-corrected chi connectivity index (χ3v) is 4.07. The molecule has 0 spiro atoms. The minimum absolute atomic E-state index is 0.558. The van der Waals surface area contributed by atoms with Gasteiger partial charge in [-0.3, -0.25) is 4.40 Å². The molecule has 1 aliphatic rings. The van der Waals surface area contributed by atoms with Crippen LogP contribution in [0.2, 0.25) is 0 Å². The van der Waals surface area contributed by atoms with Gasteiger partial charge in [0, 0.05) is 11.8 Å². The Morgan fingerprint density at radius 2 is 1.95 bits per heavy atom. The number of fused-ring (bicyclic) bond motifs is 2. The molecule has 0 radical (unpaired) electrons. The van der Waals surface area contributed by atoms with Crippen molar-refractivity contribution in [1.29, 1.82) is 0 Å². The van der Waals surface area contributed by atoms with E-state index in [1.165, 1.54) is 0 Å². The van der Waals surface area contributed by atoms with Gasteiger partial charge in [-0.15, -0.1) is 0 Å². The second kappa shape index (κ2) is 4.66. The van der Waals surface area contributed by atoms with Crippen LogP contribution in [-0.2, 0) is 0 Å².